The van der Waals surface area contributed by atoms with Crippen molar-refractivity contribution >= 4 is 17.3 Å². The van der Waals surface area contributed by atoms with Crippen LogP contribution in [0.15, 0.2) is 35.7 Å². The molecule has 0 aliphatic heterocycles. The Labute approximate surface area is 181 Å². The van der Waals surface area contributed by atoms with E-state index in [0.717, 1.165) is 52.3 Å². The van der Waals surface area contributed by atoms with Gasteiger partial charge in [0, 0.05) is 23.2 Å². The molecule has 4 rings (SSSR count). The van der Waals surface area contributed by atoms with E-state index in [4.69, 9.17) is 9.72 Å². The summed E-state index contributed by atoms with van der Waals surface area (Å²) >= 11 is 1.58. The van der Waals surface area contributed by atoms with E-state index in [1.54, 1.807) is 24.5 Å². The van der Waals surface area contributed by atoms with Crippen LogP contribution in [0.5, 0.6) is 5.75 Å². The van der Waals surface area contributed by atoms with Gasteiger partial charge in [-0.2, -0.15) is 0 Å². The first-order chi connectivity index (χ1) is 14.6. The van der Waals surface area contributed by atoms with Crippen molar-refractivity contribution in [2.24, 2.45) is 5.92 Å². The third-order valence-electron chi connectivity index (χ3n) is 6.19. The molecule has 0 amide bonds. The molecule has 3 aromatic rings. The lowest BCUT2D eigenvalue weighted by atomic mass is 9.87. The Morgan fingerprint density at radius 1 is 1.23 bits per heavy atom. The molecule has 5 nitrogen and oxygen atoms in total. The molecule has 1 fully saturated rings. The molecule has 0 atom stereocenters. The molecule has 30 heavy (non-hydrogen) atoms. The van der Waals surface area contributed by atoms with Crippen LogP contribution in [0.3, 0.4) is 0 Å². The lowest BCUT2D eigenvalue weighted by Crippen LogP contribution is -2.12. The summed E-state index contributed by atoms with van der Waals surface area (Å²) in [5.74, 6) is 0.677. The molecule has 158 valence electrons. The van der Waals surface area contributed by atoms with Gasteiger partial charge >= 0.3 is 5.97 Å². The van der Waals surface area contributed by atoms with Crippen molar-refractivity contribution in [2.45, 2.75) is 52.0 Å². The maximum absolute atomic E-state index is 11.8. The van der Waals surface area contributed by atoms with Crippen LogP contribution in [0.1, 0.15) is 54.6 Å². The molecule has 0 bridgehead atoms. The second-order valence-corrected chi connectivity index (χ2v) is 8.90. The summed E-state index contributed by atoms with van der Waals surface area (Å²) in [5, 5.41) is 12.6. The van der Waals surface area contributed by atoms with Crippen LogP contribution < -0.4 is 4.74 Å². The summed E-state index contributed by atoms with van der Waals surface area (Å²) in [4.78, 5) is 16.6. The Morgan fingerprint density at radius 2 is 1.97 bits per heavy atom. The SMILES string of the molecule is COc1ccc(-c2nc(-c3cc(C(=O)O)c(C)n3CCC3CCCCC3)cs2)cc1. The Hall–Kier alpha value is -2.60. The molecule has 0 saturated heterocycles. The molecule has 2 heterocycles. The molecule has 0 spiro atoms. The fourth-order valence-corrected chi connectivity index (χ4v) is 5.23. The molecule has 1 aliphatic carbocycles. The highest BCUT2D eigenvalue weighted by Crippen LogP contribution is 2.33. The monoisotopic (exact) mass is 424 g/mol. The van der Waals surface area contributed by atoms with E-state index < -0.39 is 5.97 Å². The summed E-state index contributed by atoms with van der Waals surface area (Å²) in [6.07, 6.45) is 7.66. The number of benzene rings is 1. The molecule has 2 aromatic heterocycles. The Bertz CT molecular complexity index is 1010. The molecule has 1 aliphatic rings. The molecule has 1 N–H and O–H groups in total. The summed E-state index contributed by atoms with van der Waals surface area (Å²) in [7, 11) is 1.65. The summed E-state index contributed by atoms with van der Waals surface area (Å²) < 4.78 is 7.39. The zero-order chi connectivity index (χ0) is 21.1. The van der Waals surface area contributed by atoms with Crippen molar-refractivity contribution in [1.82, 2.24) is 9.55 Å². The van der Waals surface area contributed by atoms with Crippen LogP contribution in [-0.4, -0.2) is 27.7 Å². The van der Waals surface area contributed by atoms with E-state index in [1.807, 2.05) is 36.6 Å². The summed E-state index contributed by atoms with van der Waals surface area (Å²) in [5.41, 5.74) is 3.95. The van der Waals surface area contributed by atoms with Crippen LogP contribution in [0.4, 0.5) is 0 Å². The molecule has 0 unspecified atom stereocenters. The second kappa shape index (κ2) is 9.04. The highest BCUT2D eigenvalue weighted by Gasteiger charge is 2.21. The third kappa shape index (κ3) is 4.29. The molecular weight excluding hydrogens is 396 g/mol. The van der Waals surface area contributed by atoms with Gasteiger partial charge in [-0.05, 0) is 49.6 Å². The first-order valence-electron chi connectivity index (χ1n) is 10.6. The lowest BCUT2D eigenvalue weighted by Gasteiger charge is -2.22. The number of carboxylic acids is 1. The number of aromatic nitrogens is 2. The van der Waals surface area contributed by atoms with Gasteiger partial charge in [0.15, 0.2) is 0 Å². The average molecular weight is 425 g/mol. The van der Waals surface area contributed by atoms with Crippen LogP contribution in [0.25, 0.3) is 22.0 Å². The summed E-state index contributed by atoms with van der Waals surface area (Å²) in [6.45, 7) is 2.75. The lowest BCUT2D eigenvalue weighted by molar-refractivity contribution is 0.0696. The zero-order valence-corrected chi connectivity index (χ0v) is 18.4. The topological polar surface area (TPSA) is 64.3 Å². The quantitative estimate of drug-likeness (QED) is 0.486. The van der Waals surface area contributed by atoms with Crippen LogP contribution in [0.2, 0.25) is 0 Å². The number of hydrogen-bond donors (Lipinski definition) is 1. The van der Waals surface area contributed by atoms with Gasteiger partial charge in [-0.1, -0.05) is 32.1 Å². The average Bonchev–Trinajstić information content (AvgIpc) is 3.38. The van der Waals surface area contributed by atoms with E-state index in [0.29, 0.717) is 5.56 Å². The molecule has 1 aromatic carbocycles. The molecular formula is C24H28N2O3S. The number of aromatic carboxylic acids is 1. The molecule has 0 radical (unpaired) electrons. The second-order valence-electron chi connectivity index (χ2n) is 8.04. The van der Waals surface area contributed by atoms with Crippen LogP contribution in [-0.2, 0) is 6.54 Å². The van der Waals surface area contributed by atoms with E-state index in [9.17, 15) is 9.90 Å². The summed E-state index contributed by atoms with van der Waals surface area (Å²) in [6, 6.07) is 9.63. The van der Waals surface area contributed by atoms with E-state index in [2.05, 4.69) is 4.57 Å². The fourth-order valence-electron chi connectivity index (χ4n) is 4.41. The number of ether oxygens (including phenoxy) is 1. The van der Waals surface area contributed by atoms with Crippen molar-refractivity contribution in [3.05, 3.63) is 47.0 Å². The van der Waals surface area contributed by atoms with Crippen molar-refractivity contribution < 1.29 is 14.6 Å². The standard InChI is InChI=1S/C24H28N2O3S/c1-16-20(24(27)28)14-22(26(16)13-12-17-6-4-3-5-7-17)21-15-30-23(25-21)18-8-10-19(29-2)11-9-18/h8-11,14-15,17H,3-7,12-13H2,1-2H3,(H,27,28). The van der Waals surface area contributed by atoms with Crippen LogP contribution in [0, 0.1) is 12.8 Å². The fraction of sp³-hybridized carbons (Fsp3) is 0.417. The van der Waals surface area contributed by atoms with Gasteiger partial charge in [0.25, 0.3) is 0 Å². The maximum Gasteiger partial charge on any atom is 0.337 e. The smallest absolute Gasteiger partial charge is 0.337 e. The van der Waals surface area contributed by atoms with E-state index in [-0.39, 0.29) is 0 Å². The van der Waals surface area contributed by atoms with Gasteiger partial charge in [-0.3, -0.25) is 0 Å². The van der Waals surface area contributed by atoms with Crippen molar-refractivity contribution in [2.75, 3.05) is 7.11 Å². The highest BCUT2D eigenvalue weighted by atomic mass is 32.1. The maximum atomic E-state index is 11.8. The Kier molecular flexibility index (Phi) is 6.23. The number of hydrogen-bond acceptors (Lipinski definition) is 4. The van der Waals surface area contributed by atoms with Crippen LogP contribution >= 0.6 is 11.3 Å². The van der Waals surface area contributed by atoms with E-state index in [1.165, 1.54) is 32.1 Å². The molecule has 6 heteroatoms. The number of methoxy groups -OCH3 is 1. The third-order valence-corrected chi connectivity index (χ3v) is 7.08. The van der Waals surface area contributed by atoms with Crippen molar-refractivity contribution in [1.29, 1.82) is 0 Å². The van der Waals surface area contributed by atoms with Gasteiger partial charge in [0.05, 0.1) is 24.1 Å². The van der Waals surface area contributed by atoms with Gasteiger partial charge in [0.2, 0.25) is 0 Å². The highest BCUT2D eigenvalue weighted by molar-refractivity contribution is 7.13. The minimum Gasteiger partial charge on any atom is -0.497 e. The Morgan fingerprint density at radius 3 is 2.63 bits per heavy atom. The van der Waals surface area contributed by atoms with Crippen molar-refractivity contribution in [3.63, 3.8) is 0 Å². The number of thiazole rings is 1. The number of carbonyl (C=O) groups is 1. The van der Waals surface area contributed by atoms with Gasteiger partial charge < -0.3 is 14.4 Å². The largest absolute Gasteiger partial charge is 0.497 e. The minimum absolute atomic E-state index is 0.368. The number of rotatable bonds is 7. The predicted molar refractivity (Wildman–Crippen MR) is 120 cm³/mol. The first-order valence-corrected chi connectivity index (χ1v) is 11.5. The van der Waals surface area contributed by atoms with Gasteiger partial charge in [-0.15, -0.1) is 11.3 Å². The van der Waals surface area contributed by atoms with Gasteiger partial charge in [-0.25, -0.2) is 9.78 Å². The van der Waals surface area contributed by atoms with E-state index >= 15 is 0 Å². The van der Waals surface area contributed by atoms with Crippen molar-refractivity contribution in [3.8, 4) is 27.7 Å². The molecule has 1 saturated carbocycles. The first kappa shape index (κ1) is 20.7. The van der Waals surface area contributed by atoms with Gasteiger partial charge in [0.1, 0.15) is 10.8 Å². The minimum atomic E-state index is -0.879. The predicted octanol–water partition coefficient (Wildman–Crippen LogP) is 6.26. The zero-order valence-electron chi connectivity index (χ0n) is 17.6. The normalized spacial score (nSPS) is 14.7. The number of nitrogens with zero attached hydrogens (tertiary/aromatic N) is 2. The number of carboxylic acid groups (broad SMARTS) is 1. The Balaban J connectivity index is 1.63.